The number of benzene rings is 3. The van der Waals surface area contributed by atoms with E-state index >= 15 is 0 Å². The molecule has 3 aromatic carbocycles. The first-order valence-corrected chi connectivity index (χ1v) is 14.2. The molecule has 1 amide bonds. The number of nitrogens with zero attached hydrogens (tertiary/aromatic N) is 1. The van der Waals surface area contributed by atoms with Crippen LogP contribution in [0.1, 0.15) is 28.8 Å². The van der Waals surface area contributed by atoms with Crippen LogP contribution in [0.2, 0.25) is 5.02 Å². The van der Waals surface area contributed by atoms with Crippen molar-refractivity contribution in [2.75, 3.05) is 23.1 Å². The molecule has 0 aliphatic carbocycles. The van der Waals surface area contributed by atoms with Crippen molar-refractivity contribution in [2.45, 2.75) is 29.6 Å². The fourth-order valence-electron chi connectivity index (χ4n) is 3.72. The van der Waals surface area contributed by atoms with Gasteiger partial charge in [0.1, 0.15) is 0 Å². The molecule has 4 rings (SSSR count). The minimum atomic E-state index is -3.83. The molecule has 1 heterocycles. The number of para-hydroxylation sites is 1. The van der Waals surface area contributed by atoms with Crippen LogP contribution in [0.25, 0.3) is 0 Å². The second-order valence-electron chi connectivity index (χ2n) is 8.15. The number of carbonyl (C=O) groups excluding carboxylic acids is 1. The Balaban J connectivity index is 1.51. The highest BCUT2D eigenvalue weighted by Gasteiger charge is 2.28. The molecule has 35 heavy (non-hydrogen) atoms. The summed E-state index contributed by atoms with van der Waals surface area (Å²) in [5, 5.41) is 2.74. The summed E-state index contributed by atoms with van der Waals surface area (Å²) in [7, 11) is -7.54. The van der Waals surface area contributed by atoms with Gasteiger partial charge in [0, 0.05) is 18.8 Å². The molecule has 0 saturated carbocycles. The van der Waals surface area contributed by atoms with E-state index in [1.54, 1.807) is 25.1 Å². The van der Waals surface area contributed by atoms with Crippen LogP contribution in [0.4, 0.5) is 11.4 Å². The minimum Gasteiger partial charge on any atom is -0.322 e. The standard InChI is InChI=1S/C24H24ClN3O5S2/c1-17-6-2-3-7-23(17)27-34(30,31)19-10-8-18(9-11-19)26-24(29)21-16-20(12-13-22(21)25)35(32,33)28-14-4-5-15-28/h2-3,6-13,16,27H,4-5,14-15H2,1H3,(H,26,29). The van der Waals surface area contributed by atoms with Crippen LogP contribution in [-0.2, 0) is 20.0 Å². The normalized spacial score (nSPS) is 14.6. The summed E-state index contributed by atoms with van der Waals surface area (Å²) in [6, 6.07) is 16.7. The lowest BCUT2D eigenvalue weighted by Crippen LogP contribution is -2.28. The van der Waals surface area contributed by atoms with E-state index in [1.165, 1.54) is 46.8 Å². The number of anilines is 2. The average molecular weight is 534 g/mol. The van der Waals surface area contributed by atoms with Crippen molar-refractivity contribution in [3.63, 3.8) is 0 Å². The van der Waals surface area contributed by atoms with Crippen molar-refractivity contribution in [3.05, 3.63) is 82.9 Å². The Morgan fingerprint density at radius 1 is 0.886 bits per heavy atom. The molecule has 0 radical (unpaired) electrons. The number of rotatable bonds is 7. The topological polar surface area (TPSA) is 113 Å². The van der Waals surface area contributed by atoms with E-state index in [2.05, 4.69) is 10.0 Å². The molecule has 2 N–H and O–H groups in total. The van der Waals surface area contributed by atoms with Crippen LogP contribution in [-0.4, -0.2) is 40.1 Å². The third-order valence-electron chi connectivity index (χ3n) is 5.70. The van der Waals surface area contributed by atoms with Gasteiger partial charge in [0.2, 0.25) is 10.0 Å². The lowest BCUT2D eigenvalue weighted by Gasteiger charge is -2.16. The zero-order chi connectivity index (χ0) is 25.2. The van der Waals surface area contributed by atoms with Crippen molar-refractivity contribution in [3.8, 4) is 0 Å². The maximum Gasteiger partial charge on any atom is 0.261 e. The summed E-state index contributed by atoms with van der Waals surface area (Å²) < 4.78 is 55.1. The molecule has 0 unspecified atom stereocenters. The van der Waals surface area contributed by atoms with Gasteiger partial charge >= 0.3 is 0 Å². The molecule has 184 valence electrons. The summed E-state index contributed by atoms with van der Waals surface area (Å²) in [6.07, 6.45) is 1.60. The molecular formula is C24H24ClN3O5S2. The zero-order valence-electron chi connectivity index (χ0n) is 18.9. The molecule has 1 aliphatic heterocycles. The van der Waals surface area contributed by atoms with Gasteiger partial charge in [0.05, 0.1) is 26.1 Å². The van der Waals surface area contributed by atoms with E-state index in [-0.39, 0.29) is 20.4 Å². The van der Waals surface area contributed by atoms with Gasteiger partial charge in [0.25, 0.3) is 15.9 Å². The minimum absolute atomic E-state index is 0.00216. The van der Waals surface area contributed by atoms with Gasteiger partial charge in [0.15, 0.2) is 0 Å². The van der Waals surface area contributed by atoms with Crippen molar-refractivity contribution in [1.82, 2.24) is 4.31 Å². The molecule has 3 aromatic rings. The van der Waals surface area contributed by atoms with Crippen LogP contribution >= 0.6 is 11.6 Å². The first-order chi connectivity index (χ1) is 16.6. The second-order valence-corrected chi connectivity index (χ2v) is 12.2. The molecule has 1 aliphatic rings. The lowest BCUT2D eigenvalue weighted by molar-refractivity contribution is 0.102. The van der Waals surface area contributed by atoms with E-state index in [0.29, 0.717) is 24.5 Å². The Kier molecular flexibility index (Phi) is 7.18. The van der Waals surface area contributed by atoms with Gasteiger partial charge in [-0.15, -0.1) is 0 Å². The van der Waals surface area contributed by atoms with E-state index < -0.39 is 26.0 Å². The summed E-state index contributed by atoms with van der Waals surface area (Å²) in [4.78, 5) is 12.9. The number of carbonyl (C=O) groups is 1. The second kappa shape index (κ2) is 9.98. The Hall–Kier alpha value is -2.92. The number of hydrogen-bond donors (Lipinski definition) is 2. The quantitative estimate of drug-likeness (QED) is 0.465. The van der Waals surface area contributed by atoms with E-state index in [0.717, 1.165) is 18.4 Å². The number of hydrogen-bond acceptors (Lipinski definition) is 5. The predicted octanol–water partition coefficient (Wildman–Crippen LogP) is 4.49. The van der Waals surface area contributed by atoms with Crippen molar-refractivity contribution in [2.24, 2.45) is 0 Å². The highest BCUT2D eigenvalue weighted by atomic mass is 35.5. The van der Waals surface area contributed by atoms with Crippen LogP contribution in [0, 0.1) is 6.92 Å². The number of aryl methyl sites for hydroxylation is 1. The fraction of sp³-hybridized carbons (Fsp3) is 0.208. The SMILES string of the molecule is Cc1ccccc1NS(=O)(=O)c1ccc(NC(=O)c2cc(S(=O)(=O)N3CCCC3)ccc2Cl)cc1. The summed E-state index contributed by atoms with van der Waals surface area (Å²) in [5.41, 5.74) is 1.59. The highest BCUT2D eigenvalue weighted by Crippen LogP contribution is 2.26. The Morgan fingerprint density at radius 2 is 1.51 bits per heavy atom. The predicted molar refractivity (Wildman–Crippen MR) is 136 cm³/mol. The lowest BCUT2D eigenvalue weighted by atomic mass is 10.2. The number of sulfonamides is 2. The van der Waals surface area contributed by atoms with Crippen LogP contribution < -0.4 is 10.0 Å². The van der Waals surface area contributed by atoms with Crippen molar-refractivity contribution < 1.29 is 21.6 Å². The first-order valence-electron chi connectivity index (χ1n) is 10.9. The van der Waals surface area contributed by atoms with Gasteiger partial charge in [-0.1, -0.05) is 29.8 Å². The van der Waals surface area contributed by atoms with Gasteiger partial charge in [-0.2, -0.15) is 4.31 Å². The van der Waals surface area contributed by atoms with Crippen LogP contribution in [0.5, 0.6) is 0 Å². The van der Waals surface area contributed by atoms with E-state index in [1.807, 2.05) is 6.07 Å². The summed E-state index contributed by atoms with van der Waals surface area (Å²) in [5.74, 6) is -0.609. The van der Waals surface area contributed by atoms with Crippen LogP contribution in [0.15, 0.2) is 76.5 Å². The zero-order valence-corrected chi connectivity index (χ0v) is 21.3. The van der Waals surface area contributed by atoms with Gasteiger partial charge in [-0.3, -0.25) is 9.52 Å². The molecule has 0 aromatic heterocycles. The Labute approximate surface area is 210 Å². The smallest absolute Gasteiger partial charge is 0.261 e. The largest absolute Gasteiger partial charge is 0.322 e. The van der Waals surface area contributed by atoms with Gasteiger partial charge in [-0.25, -0.2) is 16.8 Å². The molecular weight excluding hydrogens is 510 g/mol. The maximum absolute atomic E-state index is 12.9. The van der Waals surface area contributed by atoms with Gasteiger partial charge < -0.3 is 5.32 Å². The monoisotopic (exact) mass is 533 g/mol. The maximum atomic E-state index is 12.9. The Morgan fingerprint density at radius 3 is 2.17 bits per heavy atom. The van der Waals surface area contributed by atoms with Crippen molar-refractivity contribution in [1.29, 1.82) is 0 Å². The van der Waals surface area contributed by atoms with Gasteiger partial charge in [-0.05, 0) is 73.9 Å². The molecule has 0 bridgehead atoms. The molecule has 1 saturated heterocycles. The summed E-state index contributed by atoms with van der Waals surface area (Å²) >= 11 is 6.19. The Bertz CT molecular complexity index is 1470. The molecule has 0 spiro atoms. The van der Waals surface area contributed by atoms with E-state index in [4.69, 9.17) is 11.6 Å². The average Bonchev–Trinajstić information content (AvgIpc) is 3.37. The third-order valence-corrected chi connectivity index (χ3v) is 9.30. The number of amides is 1. The van der Waals surface area contributed by atoms with Crippen LogP contribution in [0.3, 0.4) is 0 Å². The molecule has 8 nitrogen and oxygen atoms in total. The number of halogens is 1. The van der Waals surface area contributed by atoms with E-state index in [9.17, 15) is 21.6 Å². The highest BCUT2D eigenvalue weighted by molar-refractivity contribution is 7.92. The molecule has 11 heteroatoms. The fourth-order valence-corrected chi connectivity index (χ4v) is 6.60. The summed E-state index contributed by atoms with van der Waals surface area (Å²) in [6.45, 7) is 2.69. The third kappa shape index (κ3) is 5.51. The first kappa shape index (κ1) is 25.2. The molecule has 1 fully saturated rings. The number of nitrogens with one attached hydrogen (secondary N) is 2. The van der Waals surface area contributed by atoms with Crippen molar-refractivity contribution >= 4 is 48.9 Å². The molecule has 0 atom stereocenters.